The van der Waals surface area contributed by atoms with E-state index >= 15 is 0 Å². The molecule has 0 aliphatic carbocycles. The number of halogens is 3. The van der Waals surface area contributed by atoms with Crippen LogP contribution in [0.15, 0.2) is 18.2 Å². The second kappa shape index (κ2) is 4.19. The zero-order chi connectivity index (χ0) is 11.6. The Balaban J connectivity index is 3.01. The minimum absolute atomic E-state index is 0.167. The largest absolute Gasteiger partial charge is 0.508 e. The molecule has 0 fully saturated rings. The first kappa shape index (κ1) is 12.0. The highest BCUT2D eigenvalue weighted by atomic mass is 35.5. The standard InChI is InChI=1S/C7H6ClF2NO3S/c8-5-3-4(12)1-2-6(5)11-15(13,14)7(9)10/h1-3,7,11-12H. The van der Waals surface area contributed by atoms with Gasteiger partial charge in [0.1, 0.15) is 5.75 Å². The van der Waals surface area contributed by atoms with Crippen molar-refractivity contribution in [2.45, 2.75) is 5.76 Å². The third kappa shape index (κ3) is 2.93. The van der Waals surface area contributed by atoms with E-state index in [1.54, 1.807) is 4.72 Å². The van der Waals surface area contributed by atoms with E-state index in [0.717, 1.165) is 18.2 Å². The Morgan fingerprint density at radius 3 is 2.47 bits per heavy atom. The van der Waals surface area contributed by atoms with Gasteiger partial charge >= 0.3 is 5.76 Å². The van der Waals surface area contributed by atoms with E-state index in [9.17, 15) is 17.2 Å². The van der Waals surface area contributed by atoms with Gasteiger partial charge in [-0.3, -0.25) is 4.72 Å². The van der Waals surface area contributed by atoms with Gasteiger partial charge in [0.25, 0.3) is 10.0 Å². The molecule has 1 aromatic carbocycles. The van der Waals surface area contributed by atoms with Crippen molar-refractivity contribution in [2.24, 2.45) is 0 Å². The normalized spacial score (nSPS) is 11.7. The number of benzene rings is 1. The Morgan fingerprint density at radius 2 is 2.00 bits per heavy atom. The molecule has 0 heterocycles. The van der Waals surface area contributed by atoms with Gasteiger partial charge in [0.05, 0.1) is 10.7 Å². The first-order valence-electron chi connectivity index (χ1n) is 3.61. The maximum absolute atomic E-state index is 12.0. The zero-order valence-corrected chi connectivity index (χ0v) is 8.69. The predicted octanol–water partition coefficient (Wildman–Crippen LogP) is 2.01. The summed E-state index contributed by atoms with van der Waals surface area (Å²) < 4.78 is 47.0. The van der Waals surface area contributed by atoms with E-state index in [2.05, 4.69) is 0 Å². The van der Waals surface area contributed by atoms with E-state index in [1.165, 1.54) is 0 Å². The summed E-state index contributed by atoms with van der Waals surface area (Å²) in [4.78, 5) is 0. The van der Waals surface area contributed by atoms with Gasteiger partial charge < -0.3 is 5.11 Å². The molecule has 8 heteroatoms. The Bertz CT molecular complexity index is 463. The summed E-state index contributed by atoms with van der Waals surface area (Å²) >= 11 is 5.51. The highest BCUT2D eigenvalue weighted by Crippen LogP contribution is 2.27. The average Bonchev–Trinajstić information content (AvgIpc) is 2.09. The summed E-state index contributed by atoms with van der Waals surface area (Å²) in [5.74, 6) is -3.73. The molecule has 15 heavy (non-hydrogen) atoms. The summed E-state index contributed by atoms with van der Waals surface area (Å²) in [6.45, 7) is 0. The van der Waals surface area contributed by atoms with Crippen molar-refractivity contribution in [3.05, 3.63) is 23.2 Å². The molecular formula is C7H6ClF2NO3S. The van der Waals surface area contributed by atoms with Gasteiger partial charge in [-0.05, 0) is 12.1 Å². The third-order valence-corrected chi connectivity index (χ3v) is 2.73. The van der Waals surface area contributed by atoms with Crippen LogP contribution in [-0.2, 0) is 10.0 Å². The minimum atomic E-state index is -4.74. The molecule has 0 unspecified atom stereocenters. The molecule has 0 atom stereocenters. The van der Waals surface area contributed by atoms with E-state index in [-0.39, 0.29) is 16.5 Å². The molecule has 0 spiro atoms. The first-order chi connectivity index (χ1) is 6.83. The van der Waals surface area contributed by atoms with Crippen molar-refractivity contribution < 1.29 is 22.3 Å². The molecule has 1 aromatic rings. The minimum Gasteiger partial charge on any atom is -0.508 e. The molecule has 0 radical (unpaired) electrons. The number of aromatic hydroxyl groups is 1. The SMILES string of the molecule is O=S(=O)(Nc1ccc(O)cc1Cl)C(F)F. The Morgan fingerprint density at radius 1 is 1.40 bits per heavy atom. The smallest absolute Gasteiger partial charge is 0.355 e. The molecule has 4 nitrogen and oxygen atoms in total. The molecule has 0 saturated heterocycles. The summed E-state index contributed by atoms with van der Waals surface area (Å²) in [5, 5.41) is 8.77. The van der Waals surface area contributed by atoms with E-state index in [0.29, 0.717) is 0 Å². The van der Waals surface area contributed by atoms with Gasteiger partial charge in [-0.1, -0.05) is 11.6 Å². The number of anilines is 1. The second-order valence-electron chi connectivity index (χ2n) is 2.57. The lowest BCUT2D eigenvalue weighted by molar-refractivity contribution is 0.236. The van der Waals surface area contributed by atoms with Crippen LogP contribution in [0.5, 0.6) is 5.75 Å². The van der Waals surface area contributed by atoms with Gasteiger partial charge in [0.2, 0.25) is 0 Å². The van der Waals surface area contributed by atoms with Crippen LogP contribution in [0.25, 0.3) is 0 Å². The van der Waals surface area contributed by atoms with Crippen molar-refractivity contribution in [3.63, 3.8) is 0 Å². The first-order valence-corrected chi connectivity index (χ1v) is 5.53. The van der Waals surface area contributed by atoms with Crippen molar-refractivity contribution in [1.82, 2.24) is 0 Å². The second-order valence-corrected chi connectivity index (χ2v) is 4.63. The Kier molecular flexibility index (Phi) is 3.35. The lowest BCUT2D eigenvalue weighted by Crippen LogP contribution is -2.20. The third-order valence-electron chi connectivity index (χ3n) is 1.44. The number of alkyl halides is 2. The van der Waals surface area contributed by atoms with E-state index in [1.807, 2.05) is 0 Å². The number of hydrogen-bond acceptors (Lipinski definition) is 3. The van der Waals surface area contributed by atoms with Crippen LogP contribution in [0.3, 0.4) is 0 Å². The zero-order valence-electron chi connectivity index (χ0n) is 7.12. The monoisotopic (exact) mass is 257 g/mol. The van der Waals surface area contributed by atoms with Crippen molar-refractivity contribution >= 4 is 27.3 Å². The number of phenols is 1. The van der Waals surface area contributed by atoms with Crippen molar-refractivity contribution in [3.8, 4) is 5.75 Å². The molecule has 0 aliphatic rings. The number of phenolic OH excluding ortho intramolecular Hbond substituents is 1. The van der Waals surface area contributed by atoms with Crippen LogP contribution in [-0.4, -0.2) is 19.3 Å². The quantitative estimate of drug-likeness (QED) is 0.814. The van der Waals surface area contributed by atoms with E-state index < -0.39 is 15.8 Å². The number of hydrogen-bond donors (Lipinski definition) is 2. The van der Waals surface area contributed by atoms with Crippen LogP contribution in [0.4, 0.5) is 14.5 Å². The summed E-state index contributed by atoms with van der Waals surface area (Å²) in [5.41, 5.74) is -0.213. The summed E-state index contributed by atoms with van der Waals surface area (Å²) in [6, 6.07) is 3.23. The summed E-state index contributed by atoms with van der Waals surface area (Å²) in [6.07, 6.45) is 0. The van der Waals surface area contributed by atoms with E-state index in [4.69, 9.17) is 16.7 Å². The van der Waals surface area contributed by atoms with Crippen LogP contribution in [0.1, 0.15) is 0 Å². The molecule has 0 aliphatic heterocycles. The lowest BCUT2D eigenvalue weighted by Gasteiger charge is -2.08. The van der Waals surface area contributed by atoms with Gasteiger partial charge in [-0.15, -0.1) is 0 Å². The Hall–Kier alpha value is -1.08. The molecule has 1 rings (SSSR count). The topological polar surface area (TPSA) is 66.4 Å². The number of rotatable bonds is 3. The Labute approximate surface area is 89.5 Å². The molecule has 0 bridgehead atoms. The lowest BCUT2D eigenvalue weighted by atomic mass is 10.3. The molecular weight excluding hydrogens is 252 g/mol. The molecule has 0 amide bonds. The van der Waals surface area contributed by atoms with Crippen LogP contribution >= 0.6 is 11.6 Å². The van der Waals surface area contributed by atoms with Gasteiger partial charge in [0, 0.05) is 6.07 Å². The molecule has 0 aromatic heterocycles. The maximum Gasteiger partial charge on any atom is 0.355 e. The molecule has 0 saturated carbocycles. The van der Waals surface area contributed by atoms with Crippen molar-refractivity contribution in [1.29, 1.82) is 0 Å². The number of nitrogens with one attached hydrogen (secondary N) is 1. The van der Waals surface area contributed by atoms with Crippen LogP contribution < -0.4 is 4.72 Å². The fraction of sp³-hybridized carbons (Fsp3) is 0.143. The van der Waals surface area contributed by atoms with Crippen LogP contribution in [0, 0.1) is 0 Å². The van der Waals surface area contributed by atoms with Gasteiger partial charge in [0.15, 0.2) is 0 Å². The number of sulfonamides is 1. The average molecular weight is 258 g/mol. The van der Waals surface area contributed by atoms with Crippen molar-refractivity contribution in [2.75, 3.05) is 4.72 Å². The highest BCUT2D eigenvalue weighted by molar-refractivity contribution is 7.93. The van der Waals surface area contributed by atoms with Gasteiger partial charge in [-0.2, -0.15) is 8.78 Å². The molecule has 84 valence electrons. The summed E-state index contributed by atoms with van der Waals surface area (Å²) in [7, 11) is -4.74. The van der Waals surface area contributed by atoms with Gasteiger partial charge in [-0.25, -0.2) is 8.42 Å². The van der Waals surface area contributed by atoms with Crippen LogP contribution in [0.2, 0.25) is 5.02 Å². The fourth-order valence-corrected chi connectivity index (χ4v) is 1.64. The fourth-order valence-electron chi connectivity index (χ4n) is 0.785. The molecule has 2 N–H and O–H groups in total. The highest BCUT2D eigenvalue weighted by Gasteiger charge is 2.24. The predicted molar refractivity (Wildman–Crippen MR) is 51.7 cm³/mol. The maximum atomic E-state index is 12.0.